The second-order valence-corrected chi connectivity index (χ2v) is 7.30. The summed E-state index contributed by atoms with van der Waals surface area (Å²) in [6.07, 6.45) is 2.72. The second-order valence-electron chi connectivity index (χ2n) is 7.30. The summed E-state index contributed by atoms with van der Waals surface area (Å²) in [5, 5.41) is 10.2. The summed E-state index contributed by atoms with van der Waals surface area (Å²) in [5.41, 5.74) is -0.549. The van der Waals surface area contributed by atoms with Gasteiger partial charge in [-0.1, -0.05) is 13.8 Å². The highest BCUT2D eigenvalue weighted by Gasteiger charge is 2.69. The monoisotopic (exact) mass is 284 g/mol. The average molecular weight is 284 g/mol. The third-order valence-electron chi connectivity index (χ3n) is 6.12. The fraction of sp³-hybridized carbons (Fsp3) is 1.00. The molecule has 4 aliphatic heterocycles. The first-order valence-electron chi connectivity index (χ1n) is 7.84. The Morgan fingerprint density at radius 3 is 2.65 bits per heavy atom. The minimum atomic E-state index is -0.781. The average Bonchev–Trinajstić information content (AvgIpc) is 2.63. The first-order chi connectivity index (χ1) is 9.46. The molecule has 0 amide bonds. The van der Waals surface area contributed by atoms with Crippen LogP contribution < -0.4 is 0 Å². The van der Waals surface area contributed by atoms with Gasteiger partial charge in [0.15, 0.2) is 18.2 Å². The Hall–Kier alpha value is -0.200. The molecule has 0 aromatic carbocycles. The number of aliphatic hydroxyl groups is 1. The number of fused-ring (bicyclic) bond motifs is 2. The molecule has 0 unspecified atom stereocenters. The highest BCUT2D eigenvalue weighted by Crippen LogP contribution is 2.60. The van der Waals surface area contributed by atoms with Crippen molar-refractivity contribution in [3.05, 3.63) is 0 Å². The molecule has 5 fully saturated rings. The topological polar surface area (TPSA) is 57.2 Å². The van der Waals surface area contributed by atoms with E-state index in [2.05, 4.69) is 6.92 Å². The zero-order chi connectivity index (χ0) is 14.1. The highest BCUT2D eigenvalue weighted by molar-refractivity contribution is 5.08. The van der Waals surface area contributed by atoms with Crippen molar-refractivity contribution in [3.63, 3.8) is 0 Å². The number of ether oxygens (including phenoxy) is 2. The molecule has 1 saturated carbocycles. The lowest BCUT2D eigenvalue weighted by Crippen LogP contribution is -2.70. The van der Waals surface area contributed by atoms with Crippen molar-refractivity contribution in [2.24, 2.45) is 23.7 Å². The van der Waals surface area contributed by atoms with E-state index < -0.39 is 24.0 Å². The van der Waals surface area contributed by atoms with Crippen LogP contribution in [-0.2, 0) is 19.2 Å². The minimum absolute atomic E-state index is 0.0379. The molecule has 0 radical (unpaired) electrons. The molecule has 5 aliphatic rings. The summed E-state index contributed by atoms with van der Waals surface area (Å²) in [7, 11) is 0. The molecular formula is C15H24O5. The number of hydrogen-bond donors (Lipinski definition) is 1. The summed E-state index contributed by atoms with van der Waals surface area (Å²) in [4.78, 5) is 11.6. The Morgan fingerprint density at radius 1 is 1.05 bits per heavy atom. The maximum absolute atomic E-state index is 10.2. The Labute approximate surface area is 119 Å². The molecule has 0 aromatic rings. The van der Waals surface area contributed by atoms with E-state index in [9.17, 15) is 5.11 Å². The van der Waals surface area contributed by atoms with Crippen LogP contribution in [0.2, 0.25) is 0 Å². The zero-order valence-electron chi connectivity index (χ0n) is 12.4. The minimum Gasteiger partial charge on any atom is -0.368 e. The van der Waals surface area contributed by atoms with Crippen LogP contribution >= 0.6 is 0 Å². The number of aliphatic hydroxyl groups excluding tert-OH is 1. The predicted molar refractivity (Wildman–Crippen MR) is 69.0 cm³/mol. The van der Waals surface area contributed by atoms with Crippen molar-refractivity contribution in [2.45, 2.75) is 70.4 Å². The summed E-state index contributed by atoms with van der Waals surface area (Å²) in [6, 6.07) is 0. The number of rotatable bonds is 0. The van der Waals surface area contributed by atoms with E-state index in [-0.39, 0.29) is 11.8 Å². The molecule has 1 spiro atoms. The summed E-state index contributed by atoms with van der Waals surface area (Å²) < 4.78 is 11.9. The van der Waals surface area contributed by atoms with Crippen molar-refractivity contribution in [1.82, 2.24) is 0 Å². The Bertz CT molecular complexity index is 411. The summed E-state index contributed by atoms with van der Waals surface area (Å²) in [6.45, 7) is 6.22. The Kier molecular flexibility index (Phi) is 2.81. The van der Waals surface area contributed by atoms with Crippen LogP contribution in [0.3, 0.4) is 0 Å². The van der Waals surface area contributed by atoms with E-state index in [1.165, 1.54) is 6.42 Å². The number of hydrogen-bond acceptors (Lipinski definition) is 5. The third kappa shape index (κ3) is 1.56. The van der Waals surface area contributed by atoms with Gasteiger partial charge in [0.2, 0.25) is 5.79 Å². The van der Waals surface area contributed by atoms with E-state index in [1.807, 2.05) is 13.8 Å². The molecule has 4 heterocycles. The first kappa shape index (κ1) is 13.5. The van der Waals surface area contributed by atoms with Crippen LogP contribution in [0.1, 0.15) is 46.5 Å². The van der Waals surface area contributed by atoms with Gasteiger partial charge in [-0.15, -0.1) is 0 Å². The molecule has 2 bridgehead atoms. The van der Waals surface area contributed by atoms with Crippen molar-refractivity contribution >= 4 is 0 Å². The van der Waals surface area contributed by atoms with Crippen LogP contribution in [0.4, 0.5) is 0 Å². The normalized spacial score (nSPS) is 61.8. The maximum Gasteiger partial charge on any atom is 0.201 e. The SMILES string of the molecule is C[C@H]1[C@H](O)O[C@@H]2O[C@]3(C)CC[C@@H]4[C@@H](C)CC[C@H]1[C@]24OO3. The maximum atomic E-state index is 10.2. The fourth-order valence-electron chi connectivity index (χ4n) is 4.89. The molecule has 5 rings (SSSR count). The molecule has 0 aromatic heterocycles. The van der Waals surface area contributed by atoms with E-state index in [0.29, 0.717) is 11.8 Å². The van der Waals surface area contributed by atoms with E-state index >= 15 is 0 Å². The molecule has 1 aliphatic carbocycles. The van der Waals surface area contributed by atoms with Crippen LogP contribution in [-0.4, -0.2) is 29.1 Å². The fourth-order valence-corrected chi connectivity index (χ4v) is 4.89. The smallest absolute Gasteiger partial charge is 0.201 e. The zero-order valence-corrected chi connectivity index (χ0v) is 12.4. The van der Waals surface area contributed by atoms with Crippen LogP contribution in [0.15, 0.2) is 0 Å². The van der Waals surface area contributed by atoms with Gasteiger partial charge in [0.05, 0.1) is 0 Å². The Morgan fingerprint density at radius 2 is 1.85 bits per heavy atom. The predicted octanol–water partition coefficient (Wildman–Crippen LogP) is 2.19. The van der Waals surface area contributed by atoms with Gasteiger partial charge in [0, 0.05) is 18.3 Å². The largest absolute Gasteiger partial charge is 0.368 e. The first-order valence-corrected chi connectivity index (χ1v) is 7.84. The van der Waals surface area contributed by atoms with Gasteiger partial charge in [-0.3, -0.25) is 0 Å². The molecule has 20 heavy (non-hydrogen) atoms. The molecule has 1 N–H and O–H groups in total. The van der Waals surface area contributed by atoms with Gasteiger partial charge in [0.25, 0.3) is 0 Å². The molecular weight excluding hydrogens is 260 g/mol. The van der Waals surface area contributed by atoms with Gasteiger partial charge in [-0.2, -0.15) is 0 Å². The molecule has 5 heteroatoms. The van der Waals surface area contributed by atoms with Gasteiger partial charge in [-0.05, 0) is 38.0 Å². The van der Waals surface area contributed by atoms with Gasteiger partial charge in [0.1, 0.15) is 0 Å². The Balaban J connectivity index is 1.82. The summed E-state index contributed by atoms with van der Waals surface area (Å²) in [5.74, 6) is 0.437. The lowest BCUT2D eigenvalue weighted by atomic mass is 9.58. The molecule has 4 saturated heterocycles. The van der Waals surface area contributed by atoms with Crippen molar-refractivity contribution in [3.8, 4) is 0 Å². The van der Waals surface area contributed by atoms with E-state index in [0.717, 1.165) is 19.3 Å². The van der Waals surface area contributed by atoms with Crippen LogP contribution in [0.25, 0.3) is 0 Å². The van der Waals surface area contributed by atoms with Gasteiger partial charge >= 0.3 is 0 Å². The molecule has 114 valence electrons. The van der Waals surface area contributed by atoms with Crippen molar-refractivity contribution < 1.29 is 24.4 Å². The van der Waals surface area contributed by atoms with Crippen molar-refractivity contribution in [1.29, 1.82) is 0 Å². The van der Waals surface area contributed by atoms with Crippen molar-refractivity contribution in [2.75, 3.05) is 0 Å². The standard InChI is InChI=1S/C15H24O5/c1-8-4-5-11-9(2)12(16)17-13-15(11)10(8)6-7-14(3,18-13)19-20-15/h8-13,16H,4-7H2,1-3H3/t8-,9+,10+,11+,12+,13+,14-,15-/m0/s1. The van der Waals surface area contributed by atoms with E-state index in [1.54, 1.807) is 0 Å². The molecule has 5 nitrogen and oxygen atoms in total. The van der Waals surface area contributed by atoms with Crippen LogP contribution in [0, 0.1) is 23.7 Å². The lowest BCUT2D eigenvalue weighted by molar-refractivity contribution is -0.576. The molecule has 8 atom stereocenters. The van der Waals surface area contributed by atoms with Gasteiger partial charge in [-0.25, -0.2) is 9.78 Å². The van der Waals surface area contributed by atoms with Gasteiger partial charge < -0.3 is 14.6 Å². The third-order valence-corrected chi connectivity index (χ3v) is 6.12. The van der Waals surface area contributed by atoms with E-state index in [4.69, 9.17) is 19.2 Å². The van der Waals surface area contributed by atoms with Crippen LogP contribution in [0.5, 0.6) is 0 Å². The second kappa shape index (κ2) is 4.17. The highest BCUT2D eigenvalue weighted by atomic mass is 17.3. The lowest BCUT2D eigenvalue weighted by Gasteiger charge is -2.59. The summed E-state index contributed by atoms with van der Waals surface area (Å²) >= 11 is 0. The quantitative estimate of drug-likeness (QED) is 0.691.